The number of rotatable bonds is 5. The van der Waals surface area contributed by atoms with Crippen molar-refractivity contribution in [1.82, 2.24) is 4.90 Å². The fraction of sp³-hybridized carbons (Fsp3) is 0.650. The van der Waals surface area contributed by atoms with Gasteiger partial charge in [0.05, 0.1) is 11.6 Å². The zero-order chi connectivity index (χ0) is 17.5. The Morgan fingerprint density at radius 3 is 2.46 bits per heavy atom. The summed E-state index contributed by atoms with van der Waals surface area (Å²) in [6.45, 7) is 8.38. The lowest BCUT2D eigenvalue weighted by molar-refractivity contribution is -0.108. The molecule has 1 N–H and O–H groups in total. The van der Waals surface area contributed by atoms with E-state index in [9.17, 15) is 9.90 Å². The van der Waals surface area contributed by atoms with Crippen LogP contribution in [0.3, 0.4) is 0 Å². The van der Waals surface area contributed by atoms with Gasteiger partial charge in [0, 0.05) is 19.4 Å². The molecule has 0 spiro atoms. The molecule has 0 radical (unpaired) electrons. The minimum atomic E-state index is -0.826. The van der Waals surface area contributed by atoms with Crippen molar-refractivity contribution in [1.29, 1.82) is 0 Å². The number of aliphatic hydroxyl groups is 1. The summed E-state index contributed by atoms with van der Waals surface area (Å²) in [7, 11) is 0. The van der Waals surface area contributed by atoms with E-state index < -0.39 is 11.2 Å². The Kier molecular flexibility index (Phi) is 4.37. The third-order valence-corrected chi connectivity index (χ3v) is 5.38. The molecule has 1 saturated carbocycles. The van der Waals surface area contributed by atoms with Crippen LogP contribution in [0.25, 0.3) is 0 Å². The minimum absolute atomic E-state index is 0.00237. The quantitative estimate of drug-likeness (QED) is 0.879. The molecule has 1 aliphatic heterocycles. The van der Waals surface area contributed by atoms with Crippen molar-refractivity contribution in [3.8, 4) is 0 Å². The Hall–Kier alpha value is -1.55. The number of carbonyl (C=O) groups is 1. The molecule has 4 nitrogen and oxygen atoms in total. The van der Waals surface area contributed by atoms with Gasteiger partial charge in [-0.15, -0.1) is 0 Å². The number of nitrogens with zero attached hydrogens (tertiary/aromatic N) is 1. The van der Waals surface area contributed by atoms with E-state index in [-0.39, 0.29) is 12.1 Å². The highest BCUT2D eigenvalue weighted by atomic mass is 16.6. The van der Waals surface area contributed by atoms with E-state index in [2.05, 4.69) is 31.2 Å². The molecule has 4 heteroatoms. The summed E-state index contributed by atoms with van der Waals surface area (Å²) in [5, 5.41) is 10.3. The van der Waals surface area contributed by atoms with E-state index in [1.54, 1.807) is 13.8 Å². The number of benzene rings is 1. The number of hydrogen-bond donors (Lipinski definition) is 1. The highest BCUT2D eigenvalue weighted by Gasteiger charge is 2.53. The number of aryl methyl sites for hydroxylation is 1. The smallest absolute Gasteiger partial charge is 0.410 e. The highest BCUT2D eigenvalue weighted by molar-refractivity contribution is 5.70. The molecule has 132 valence electrons. The SMILES string of the molecule is Cc1ccc([C@H](C)N2CCC(CC(C)(C)O)(C3CC3)OC2=O)cc1. The summed E-state index contributed by atoms with van der Waals surface area (Å²) in [6.07, 6.45) is 3.26. The van der Waals surface area contributed by atoms with Crippen LogP contribution >= 0.6 is 0 Å². The molecule has 2 aliphatic rings. The van der Waals surface area contributed by atoms with Crippen LogP contribution in [-0.4, -0.2) is 33.8 Å². The minimum Gasteiger partial charge on any atom is -0.442 e. The van der Waals surface area contributed by atoms with Gasteiger partial charge >= 0.3 is 6.09 Å². The van der Waals surface area contributed by atoms with Crippen LogP contribution in [0.4, 0.5) is 4.79 Å². The molecule has 24 heavy (non-hydrogen) atoms. The number of cyclic esters (lactones) is 1. The largest absolute Gasteiger partial charge is 0.442 e. The molecule has 0 aromatic heterocycles. The summed E-state index contributed by atoms with van der Waals surface area (Å²) in [6, 6.07) is 8.30. The van der Waals surface area contributed by atoms with E-state index in [1.807, 2.05) is 11.8 Å². The normalized spacial score (nSPS) is 26.2. The summed E-state index contributed by atoms with van der Waals surface area (Å²) >= 11 is 0. The zero-order valence-electron chi connectivity index (χ0n) is 15.2. The maximum Gasteiger partial charge on any atom is 0.410 e. The van der Waals surface area contributed by atoms with Gasteiger partial charge in [0.15, 0.2) is 0 Å². The Bertz CT molecular complexity index is 600. The first-order chi connectivity index (χ1) is 11.2. The van der Waals surface area contributed by atoms with E-state index in [0.29, 0.717) is 18.9 Å². The van der Waals surface area contributed by atoms with Crippen molar-refractivity contribution in [3.05, 3.63) is 35.4 Å². The third kappa shape index (κ3) is 3.59. The van der Waals surface area contributed by atoms with Crippen molar-refractivity contribution in [2.24, 2.45) is 5.92 Å². The van der Waals surface area contributed by atoms with E-state index in [1.165, 1.54) is 5.56 Å². The van der Waals surface area contributed by atoms with Crippen molar-refractivity contribution in [2.45, 2.75) is 70.6 Å². The van der Waals surface area contributed by atoms with Gasteiger partial charge in [-0.1, -0.05) is 29.8 Å². The van der Waals surface area contributed by atoms with E-state index in [4.69, 9.17) is 4.74 Å². The lowest BCUT2D eigenvalue weighted by Crippen LogP contribution is -2.54. The number of carbonyl (C=O) groups excluding carboxylic acids is 1. The first-order valence-electron chi connectivity index (χ1n) is 8.99. The Labute approximate surface area is 144 Å². The molecular weight excluding hydrogens is 302 g/mol. The molecule has 1 aromatic rings. The Morgan fingerprint density at radius 2 is 1.96 bits per heavy atom. The molecule has 3 rings (SSSR count). The molecule has 0 bridgehead atoms. The van der Waals surface area contributed by atoms with Crippen LogP contribution < -0.4 is 0 Å². The lowest BCUT2D eigenvalue weighted by Gasteiger charge is -2.45. The molecule has 1 aliphatic carbocycles. The van der Waals surface area contributed by atoms with Gasteiger partial charge < -0.3 is 14.7 Å². The van der Waals surface area contributed by atoms with Gasteiger partial charge in [-0.2, -0.15) is 0 Å². The van der Waals surface area contributed by atoms with Crippen LogP contribution in [0.5, 0.6) is 0 Å². The van der Waals surface area contributed by atoms with Crippen LogP contribution in [0.2, 0.25) is 0 Å². The molecule has 1 heterocycles. The number of hydrogen-bond acceptors (Lipinski definition) is 3. The van der Waals surface area contributed by atoms with Gasteiger partial charge in [-0.3, -0.25) is 0 Å². The summed E-state index contributed by atoms with van der Waals surface area (Å²) < 4.78 is 5.98. The van der Waals surface area contributed by atoms with Gasteiger partial charge in [-0.25, -0.2) is 4.79 Å². The lowest BCUT2D eigenvalue weighted by atomic mass is 9.81. The predicted octanol–water partition coefficient (Wildman–Crippen LogP) is 4.21. The second-order valence-corrected chi connectivity index (χ2v) is 8.23. The van der Waals surface area contributed by atoms with Gasteiger partial charge in [0.2, 0.25) is 0 Å². The van der Waals surface area contributed by atoms with Crippen LogP contribution in [0.1, 0.15) is 63.6 Å². The van der Waals surface area contributed by atoms with E-state index in [0.717, 1.165) is 24.8 Å². The zero-order valence-corrected chi connectivity index (χ0v) is 15.2. The van der Waals surface area contributed by atoms with Crippen molar-refractivity contribution in [3.63, 3.8) is 0 Å². The maximum absolute atomic E-state index is 12.7. The van der Waals surface area contributed by atoms with Crippen LogP contribution in [0, 0.1) is 12.8 Å². The average Bonchev–Trinajstić information content (AvgIpc) is 3.31. The fourth-order valence-electron chi connectivity index (χ4n) is 3.96. The van der Waals surface area contributed by atoms with Crippen molar-refractivity contribution >= 4 is 6.09 Å². The van der Waals surface area contributed by atoms with Gasteiger partial charge in [0.25, 0.3) is 0 Å². The van der Waals surface area contributed by atoms with Gasteiger partial charge in [0.1, 0.15) is 5.60 Å². The fourth-order valence-corrected chi connectivity index (χ4v) is 3.96. The molecule has 1 amide bonds. The summed E-state index contributed by atoms with van der Waals surface area (Å²) in [4.78, 5) is 14.5. The first-order valence-corrected chi connectivity index (χ1v) is 8.99. The highest BCUT2D eigenvalue weighted by Crippen LogP contribution is 2.50. The second-order valence-electron chi connectivity index (χ2n) is 8.23. The molecule has 2 atom stereocenters. The number of ether oxygens (including phenoxy) is 1. The molecule has 1 saturated heterocycles. The molecular formula is C20H29NO3. The average molecular weight is 331 g/mol. The first kappa shape index (κ1) is 17.3. The monoisotopic (exact) mass is 331 g/mol. The van der Waals surface area contributed by atoms with Crippen LogP contribution in [-0.2, 0) is 4.74 Å². The predicted molar refractivity (Wildman–Crippen MR) is 93.8 cm³/mol. The molecule has 2 fully saturated rings. The Balaban J connectivity index is 1.74. The number of amides is 1. The summed E-state index contributed by atoms with van der Waals surface area (Å²) in [5.74, 6) is 0.407. The maximum atomic E-state index is 12.7. The van der Waals surface area contributed by atoms with Crippen molar-refractivity contribution in [2.75, 3.05) is 6.54 Å². The standard InChI is InChI=1S/C20H29NO3/c1-14-5-7-16(8-6-14)15(2)21-12-11-20(17-9-10-17,24-18(21)22)13-19(3,4)23/h5-8,15,17,23H,9-13H2,1-4H3/t15-,20?/m0/s1. The Morgan fingerprint density at radius 1 is 1.33 bits per heavy atom. The second kappa shape index (κ2) is 6.07. The van der Waals surface area contributed by atoms with Gasteiger partial charge in [-0.05, 0) is 52.0 Å². The molecule has 1 unspecified atom stereocenters. The van der Waals surface area contributed by atoms with Crippen molar-refractivity contribution < 1.29 is 14.6 Å². The third-order valence-electron chi connectivity index (χ3n) is 5.38. The van der Waals surface area contributed by atoms with Crippen LogP contribution in [0.15, 0.2) is 24.3 Å². The van der Waals surface area contributed by atoms with E-state index >= 15 is 0 Å². The summed E-state index contributed by atoms with van der Waals surface area (Å²) in [5.41, 5.74) is 1.02. The topological polar surface area (TPSA) is 49.8 Å². The molecule has 1 aromatic carbocycles.